The Kier molecular flexibility index (Phi) is 4.67. The lowest BCUT2D eigenvalue weighted by Crippen LogP contribution is -2.25. The zero-order valence-corrected chi connectivity index (χ0v) is 12.6. The van der Waals surface area contributed by atoms with Gasteiger partial charge in [-0.05, 0) is 17.7 Å². The van der Waals surface area contributed by atoms with Crippen molar-refractivity contribution in [3.8, 4) is 0 Å². The number of rotatable bonds is 3. The number of nitro groups is 1. The number of benzene rings is 1. The molecule has 0 aliphatic rings. The molecule has 10 heteroatoms. The summed E-state index contributed by atoms with van der Waals surface area (Å²) in [6.45, 7) is -0.319. The fourth-order valence-electron chi connectivity index (χ4n) is 1.86. The van der Waals surface area contributed by atoms with Crippen LogP contribution in [-0.4, -0.2) is 9.49 Å². The third-order valence-corrected chi connectivity index (χ3v) is 3.67. The third-order valence-electron chi connectivity index (χ3n) is 2.93. The van der Waals surface area contributed by atoms with Gasteiger partial charge in [0.05, 0.1) is 27.1 Å². The first-order chi connectivity index (χ1) is 10.6. The number of halogens is 5. The number of alkyl halides is 3. The largest absolute Gasteiger partial charge is 0.418 e. The maximum Gasteiger partial charge on any atom is 0.418 e. The quantitative estimate of drug-likeness (QED) is 0.605. The van der Waals surface area contributed by atoms with Crippen molar-refractivity contribution in [2.75, 3.05) is 0 Å². The van der Waals surface area contributed by atoms with E-state index in [9.17, 15) is 28.1 Å². The van der Waals surface area contributed by atoms with Crippen molar-refractivity contribution >= 4 is 28.9 Å². The minimum Gasteiger partial charge on any atom is -0.305 e. The van der Waals surface area contributed by atoms with E-state index in [0.717, 1.165) is 0 Å². The smallest absolute Gasteiger partial charge is 0.305 e. The van der Waals surface area contributed by atoms with E-state index in [1.54, 1.807) is 0 Å². The summed E-state index contributed by atoms with van der Waals surface area (Å²) in [4.78, 5) is 21.6. The van der Waals surface area contributed by atoms with Gasteiger partial charge in [0.15, 0.2) is 0 Å². The third kappa shape index (κ3) is 3.83. The fraction of sp³-hybridized carbons (Fsp3) is 0.154. The van der Waals surface area contributed by atoms with Gasteiger partial charge in [-0.25, -0.2) is 0 Å². The average molecular weight is 367 g/mol. The molecular formula is C13H7Cl2F3N2O3. The second-order valence-corrected chi connectivity index (χ2v) is 5.36. The highest BCUT2D eigenvalue weighted by molar-refractivity contribution is 6.42. The summed E-state index contributed by atoms with van der Waals surface area (Å²) in [5, 5.41) is 11.2. The first-order valence-electron chi connectivity index (χ1n) is 5.99. The SMILES string of the molecule is O=c1c([N+](=O)[O-])cc(C(F)(F)F)cn1Cc1ccc(Cl)c(Cl)c1. The predicted molar refractivity (Wildman–Crippen MR) is 77.9 cm³/mol. The molecule has 1 heterocycles. The molecule has 1 aromatic heterocycles. The maximum absolute atomic E-state index is 12.8. The van der Waals surface area contributed by atoms with Gasteiger partial charge in [0, 0.05) is 12.3 Å². The molecule has 0 atom stereocenters. The van der Waals surface area contributed by atoms with Crippen molar-refractivity contribution in [1.29, 1.82) is 0 Å². The summed E-state index contributed by atoms with van der Waals surface area (Å²) >= 11 is 11.5. The highest BCUT2D eigenvalue weighted by Gasteiger charge is 2.34. The van der Waals surface area contributed by atoms with Gasteiger partial charge in [0.2, 0.25) is 0 Å². The van der Waals surface area contributed by atoms with Crippen LogP contribution in [0.5, 0.6) is 0 Å². The number of aromatic nitrogens is 1. The van der Waals surface area contributed by atoms with Gasteiger partial charge < -0.3 is 4.57 Å². The van der Waals surface area contributed by atoms with E-state index < -0.39 is 27.9 Å². The van der Waals surface area contributed by atoms with Crippen LogP contribution >= 0.6 is 23.2 Å². The second kappa shape index (κ2) is 6.21. The van der Waals surface area contributed by atoms with Gasteiger partial charge in [-0.15, -0.1) is 0 Å². The van der Waals surface area contributed by atoms with Crippen LogP contribution in [0.4, 0.5) is 18.9 Å². The molecule has 2 rings (SSSR count). The minimum atomic E-state index is -4.82. The van der Waals surface area contributed by atoms with E-state index in [4.69, 9.17) is 23.2 Å². The predicted octanol–water partition coefficient (Wildman–Crippen LogP) is 4.13. The number of hydrogen-bond acceptors (Lipinski definition) is 3. The van der Waals surface area contributed by atoms with Gasteiger partial charge >= 0.3 is 17.4 Å². The van der Waals surface area contributed by atoms with Crippen LogP contribution in [0.1, 0.15) is 11.1 Å². The molecule has 0 bridgehead atoms. The summed E-state index contributed by atoms with van der Waals surface area (Å²) in [6, 6.07) is 4.44. The molecule has 122 valence electrons. The second-order valence-electron chi connectivity index (χ2n) is 4.55. The molecule has 0 aliphatic carbocycles. The summed E-state index contributed by atoms with van der Waals surface area (Å²) in [6.07, 6.45) is -4.30. The number of pyridine rings is 1. The molecule has 5 nitrogen and oxygen atoms in total. The van der Waals surface area contributed by atoms with Crippen molar-refractivity contribution < 1.29 is 18.1 Å². The van der Waals surface area contributed by atoms with Gasteiger partial charge in [-0.1, -0.05) is 29.3 Å². The minimum absolute atomic E-state index is 0.152. The van der Waals surface area contributed by atoms with Crippen molar-refractivity contribution in [2.24, 2.45) is 0 Å². The summed E-state index contributed by atoms with van der Waals surface area (Å²) < 4.78 is 39.1. The monoisotopic (exact) mass is 366 g/mol. The van der Waals surface area contributed by atoms with Crippen molar-refractivity contribution in [3.63, 3.8) is 0 Å². The molecule has 0 fully saturated rings. The van der Waals surface area contributed by atoms with Crippen molar-refractivity contribution in [3.05, 3.63) is 72.1 Å². The molecule has 1 aromatic carbocycles. The Morgan fingerprint density at radius 1 is 1.17 bits per heavy atom. The van der Waals surface area contributed by atoms with Crippen LogP contribution in [0, 0.1) is 10.1 Å². The van der Waals surface area contributed by atoms with E-state index in [1.165, 1.54) is 18.2 Å². The van der Waals surface area contributed by atoms with Gasteiger partial charge in [-0.3, -0.25) is 14.9 Å². The Bertz CT molecular complexity index is 834. The number of nitrogens with zero attached hydrogens (tertiary/aromatic N) is 2. The van der Waals surface area contributed by atoms with E-state index in [2.05, 4.69) is 0 Å². The average Bonchev–Trinajstić information content (AvgIpc) is 2.43. The molecule has 0 saturated heterocycles. The molecular weight excluding hydrogens is 360 g/mol. The molecule has 0 unspecified atom stereocenters. The Morgan fingerprint density at radius 2 is 1.83 bits per heavy atom. The van der Waals surface area contributed by atoms with Crippen LogP contribution in [0.15, 0.2) is 35.3 Å². The van der Waals surface area contributed by atoms with Crippen LogP contribution < -0.4 is 5.56 Å². The van der Waals surface area contributed by atoms with Gasteiger partial charge in [-0.2, -0.15) is 13.2 Å². The van der Waals surface area contributed by atoms with Crippen LogP contribution in [-0.2, 0) is 12.7 Å². The summed E-state index contributed by atoms with van der Waals surface area (Å²) in [5.41, 5.74) is -3.21. The molecule has 0 saturated carbocycles. The summed E-state index contributed by atoms with van der Waals surface area (Å²) in [7, 11) is 0. The fourth-order valence-corrected chi connectivity index (χ4v) is 2.18. The lowest BCUT2D eigenvalue weighted by molar-refractivity contribution is -0.386. The van der Waals surface area contributed by atoms with Gasteiger partial charge in [0.1, 0.15) is 0 Å². The van der Waals surface area contributed by atoms with E-state index in [0.29, 0.717) is 16.3 Å². The molecule has 0 amide bonds. The topological polar surface area (TPSA) is 65.1 Å². The van der Waals surface area contributed by atoms with E-state index in [-0.39, 0.29) is 22.7 Å². The lowest BCUT2D eigenvalue weighted by atomic mass is 10.2. The molecule has 0 aliphatic heterocycles. The van der Waals surface area contributed by atoms with Crippen molar-refractivity contribution in [2.45, 2.75) is 12.7 Å². The summed E-state index contributed by atoms with van der Waals surface area (Å²) in [5.74, 6) is 0. The lowest BCUT2D eigenvalue weighted by Gasteiger charge is -2.11. The Labute approximate surface area is 137 Å². The Hall–Kier alpha value is -2.06. The van der Waals surface area contributed by atoms with E-state index >= 15 is 0 Å². The highest BCUT2D eigenvalue weighted by atomic mass is 35.5. The first kappa shape index (κ1) is 17.3. The molecule has 23 heavy (non-hydrogen) atoms. The molecule has 0 radical (unpaired) electrons. The van der Waals surface area contributed by atoms with Crippen LogP contribution in [0.2, 0.25) is 10.0 Å². The molecule has 2 aromatic rings. The Balaban J connectivity index is 2.56. The molecule has 0 N–H and O–H groups in total. The standard InChI is InChI=1S/C13H7Cl2F3N2O3/c14-9-2-1-7(3-10(9)15)5-19-6-8(13(16,17)18)4-11(12(19)21)20(22)23/h1-4,6H,5H2. The normalized spacial score (nSPS) is 11.5. The van der Waals surface area contributed by atoms with Gasteiger partial charge in [0.25, 0.3) is 0 Å². The Morgan fingerprint density at radius 3 is 2.35 bits per heavy atom. The van der Waals surface area contributed by atoms with Crippen LogP contribution in [0.3, 0.4) is 0 Å². The van der Waals surface area contributed by atoms with E-state index in [1.807, 2.05) is 0 Å². The first-order valence-corrected chi connectivity index (χ1v) is 6.75. The molecule has 0 spiro atoms. The van der Waals surface area contributed by atoms with Crippen LogP contribution in [0.25, 0.3) is 0 Å². The zero-order chi connectivity index (χ0) is 17.4. The maximum atomic E-state index is 12.8. The zero-order valence-electron chi connectivity index (χ0n) is 11.1. The number of hydrogen-bond donors (Lipinski definition) is 0. The van der Waals surface area contributed by atoms with Crippen molar-refractivity contribution in [1.82, 2.24) is 4.57 Å². The highest BCUT2D eigenvalue weighted by Crippen LogP contribution is 2.30.